The molecule has 1 aromatic rings. The minimum Gasteiger partial charge on any atom is -0.480 e. The summed E-state index contributed by atoms with van der Waals surface area (Å²) in [6.07, 6.45) is 3.94. The summed E-state index contributed by atoms with van der Waals surface area (Å²) in [5.41, 5.74) is 2.19. The van der Waals surface area contributed by atoms with Crippen LogP contribution in [0.2, 0.25) is 0 Å². The van der Waals surface area contributed by atoms with Crippen LogP contribution in [0, 0.1) is 5.82 Å². The van der Waals surface area contributed by atoms with Crippen molar-refractivity contribution in [3.8, 4) is 0 Å². The van der Waals surface area contributed by atoms with Gasteiger partial charge in [-0.1, -0.05) is 19.4 Å². The Kier molecular flexibility index (Phi) is 4.53. The Morgan fingerprint density at radius 3 is 3.00 bits per heavy atom. The number of hydrogen-bond donors (Lipinski definition) is 2. The molecule has 2 N–H and O–H groups in total. The Hall–Kier alpha value is -1.42. The summed E-state index contributed by atoms with van der Waals surface area (Å²) in [6, 6.07) is 4.57. The van der Waals surface area contributed by atoms with Crippen molar-refractivity contribution in [2.75, 3.05) is 0 Å². The maximum atomic E-state index is 13.1. The summed E-state index contributed by atoms with van der Waals surface area (Å²) < 4.78 is 13.1. The lowest BCUT2D eigenvalue weighted by molar-refractivity contribution is -0.139. The SMILES string of the molecule is CCC[C@H](NC1CCc2cc(F)ccc2C1)C(=O)O. The van der Waals surface area contributed by atoms with Gasteiger partial charge in [0, 0.05) is 6.04 Å². The van der Waals surface area contributed by atoms with Crippen molar-refractivity contribution in [1.29, 1.82) is 0 Å². The van der Waals surface area contributed by atoms with Gasteiger partial charge in [0.05, 0.1) is 0 Å². The molecule has 0 fully saturated rings. The Morgan fingerprint density at radius 1 is 1.53 bits per heavy atom. The van der Waals surface area contributed by atoms with Crippen molar-refractivity contribution >= 4 is 5.97 Å². The van der Waals surface area contributed by atoms with Crippen LogP contribution < -0.4 is 5.32 Å². The predicted molar refractivity (Wildman–Crippen MR) is 71.7 cm³/mol. The zero-order chi connectivity index (χ0) is 13.8. The van der Waals surface area contributed by atoms with Crippen molar-refractivity contribution in [3.05, 3.63) is 35.1 Å². The quantitative estimate of drug-likeness (QED) is 0.860. The first-order valence-electron chi connectivity index (χ1n) is 6.86. The van der Waals surface area contributed by atoms with Crippen LogP contribution in [0.25, 0.3) is 0 Å². The van der Waals surface area contributed by atoms with Crippen LogP contribution in [0.3, 0.4) is 0 Å². The molecule has 2 atom stereocenters. The van der Waals surface area contributed by atoms with Crippen molar-refractivity contribution in [2.45, 2.75) is 51.1 Å². The van der Waals surface area contributed by atoms with Crippen LogP contribution in [-0.2, 0) is 17.6 Å². The minimum absolute atomic E-state index is 0.172. The number of rotatable bonds is 5. The number of carbonyl (C=O) groups is 1. The van der Waals surface area contributed by atoms with Crippen LogP contribution in [0.5, 0.6) is 0 Å². The molecule has 4 heteroatoms. The molecule has 0 aliphatic heterocycles. The summed E-state index contributed by atoms with van der Waals surface area (Å²) in [5, 5.41) is 12.4. The molecule has 0 saturated heterocycles. The lowest BCUT2D eigenvalue weighted by atomic mass is 9.87. The highest BCUT2D eigenvalue weighted by Gasteiger charge is 2.24. The van der Waals surface area contributed by atoms with Crippen molar-refractivity contribution in [3.63, 3.8) is 0 Å². The highest BCUT2D eigenvalue weighted by molar-refractivity contribution is 5.73. The van der Waals surface area contributed by atoms with E-state index in [2.05, 4.69) is 5.32 Å². The predicted octanol–water partition coefficient (Wildman–Crippen LogP) is 2.53. The van der Waals surface area contributed by atoms with E-state index in [1.54, 1.807) is 6.07 Å². The second kappa shape index (κ2) is 6.15. The molecule has 0 bridgehead atoms. The summed E-state index contributed by atoms with van der Waals surface area (Å²) in [7, 11) is 0. The van der Waals surface area contributed by atoms with E-state index in [9.17, 15) is 9.18 Å². The van der Waals surface area contributed by atoms with E-state index in [1.165, 1.54) is 6.07 Å². The zero-order valence-corrected chi connectivity index (χ0v) is 11.2. The van der Waals surface area contributed by atoms with Gasteiger partial charge in [-0.3, -0.25) is 4.79 Å². The molecule has 1 unspecified atom stereocenters. The normalized spacial score (nSPS) is 19.8. The van der Waals surface area contributed by atoms with Gasteiger partial charge in [0.25, 0.3) is 0 Å². The third kappa shape index (κ3) is 3.53. The fourth-order valence-corrected chi connectivity index (χ4v) is 2.72. The zero-order valence-electron chi connectivity index (χ0n) is 11.2. The fraction of sp³-hybridized carbons (Fsp3) is 0.533. The fourth-order valence-electron chi connectivity index (χ4n) is 2.72. The largest absolute Gasteiger partial charge is 0.480 e. The third-order valence-corrected chi connectivity index (χ3v) is 3.71. The standard InChI is InChI=1S/C15H20FNO2/c1-2-3-14(15(18)19)17-13-7-5-10-8-12(16)6-4-11(10)9-13/h4,6,8,13-14,17H,2-3,5,7,9H2,1H3,(H,18,19)/t13?,14-/m0/s1. The summed E-state index contributed by atoms with van der Waals surface area (Å²) >= 11 is 0. The highest BCUT2D eigenvalue weighted by atomic mass is 19.1. The Labute approximate surface area is 112 Å². The summed E-state index contributed by atoms with van der Waals surface area (Å²) in [5.74, 6) is -0.980. The third-order valence-electron chi connectivity index (χ3n) is 3.71. The van der Waals surface area contributed by atoms with E-state index in [0.29, 0.717) is 6.42 Å². The van der Waals surface area contributed by atoms with Gasteiger partial charge in [-0.05, 0) is 48.9 Å². The summed E-state index contributed by atoms with van der Waals surface area (Å²) in [4.78, 5) is 11.1. The van der Waals surface area contributed by atoms with E-state index >= 15 is 0 Å². The average Bonchev–Trinajstić information content (AvgIpc) is 2.38. The molecule has 0 heterocycles. The molecule has 0 amide bonds. The lowest BCUT2D eigenvalue weighted by Crippen LogP contribution is -2.45. The van der Waals surface area contributed by atoms with Gasteiger partial charge in [-0.25, -0.2) is 4.39 Å². The molecule has 19 heavy (non-hydrogen) atoms. The maximum absolute atomic E-state index is 13.1. The van der Waals surface area contributed by atoms with E-state index in [1.807, 2.05) is 13.0 Å². The molecule has 0 spiro atoms. The Morgan fingerprint density at radius 2 is 2.32 bits per heavy atom. The number of nitrogens with one attached hydrogen (secondary N) is 1. The molecule has 0 aromatic heterocycles. The van der Waals surface area contributed by atoms with Crippen molar-refractivity contribution in [2.24, 2.45) is 0 Å². The molecular formula is C15H20FNO2. The van der Waals surface area contributed by atoms with Crippen LogP contribution >= 0.6 is 0 Å². The monoisotopic (exact) mass is 265 g/mol. The van der Waals surface area contributed by atoms with Crippen LogP contribution in [0.15, 0.2) is 18.2 Å². The van der Waals surface area contributed by atoms with Gasteiger partial charge >= 0.3 is 5.97 Å². The first-order chi connectivity index (χ1) is 9.10. The van der Waals surface area contributed by atoms with E-state index < -0.39 is 12.0 Å². The number of fused-ring (bicyclic) bond motifs is 1. The van der Waals surface area contributed by atoms with Gasteiger partial charge in [0.1, 0.15) is 11.9 Å². The Balaban J connectivity index is 2.01. The molecule has 104 valence electrons. The molecule has 3 nitrogen and oxygen atoms in total. The van der Waals surface area contributed by atoms with Gasteiger partial charge in [-0.15, -0.1) is 0 Å². The molecule has 1 aliphatic rings. The van der Waals surface area contributed by atoms with E-state index in [-0.39, 0.29) is 11.9 Å². The first kappa shape index (κ1) is 14.0. The smallest absolute Gasteiger partial charge is 0.320 e. The van der Waals surface area contributed by atoms with Gasteiger partial charge in [-0.2, -0.15) is 0 Å². The van der Waals surface area contributed by atoms with Gasteiger partial charge < -0.3 is 10.4 Å². The lowest BCUT2D eigenvalue weighted by Gasteiger charge is -2.28. The second-order valence-corrected chi connectivity index (χ2v) is 5.20. The van der Waals surface area contributed by atoms with E-state index in [4.69, 9.17) is 5.11 Å². The highest BCUT2D eigenvalue weighted by Crippen LogP contribution is 2.22. The van der Waals surface area contributed by atoms with Gasteiger partial charge in [0.15, 0.2) is 0 Å². The number of aliphatic carboxylic acids is 1. The minimum atomic E-state index is -0.785. The molecule has 1 aliphatic carbocycles. The molecule has 2 rings (SSSR count). The molecular weight excluding hydrogens is 245 g/mol. The number of carboxylic acid groups (broad SMARTS) is 1. The Bertz CT molecular complexity index is 461. The number of halogens is 1. The molecule has 1 aromatic carbocycles. The van der Waals surface area contributed by atoms with Crippen molar-refractivity contribution < 1.29 is 14.3 Å². The maximum Gasteiger partial charge on any atom is 0.320 e. The number of aryl methyl sites for hydroxylation is 1. The van der Waals surface area contributed by atoms with E-state index in [0.717, 1.165) is 36.8 Å². The van der Waals surface area contributed by atoms with Crippen LogP contribution in [0.1, 0.15) is 37.3 Å². The van der Waals surface area contributed by atoms with Crippen LogP contribution in [0.4, 0.5) is 4.39 Å². The molecule has 0 saturated carbocycles. The number of carboxylic acids is 1. The number of hydrogen-bond acceptors (Lipinski definition) is 2. The molecule has 0 radical (unpaired) electrons. The summed E-state index contributed by atoms with van der Waals surface area (Å²) in [6.45, 7) is 1.98. The van der Waals surface area contributed by atoms with Gasteiger partial charge in [0.2, 0.25) is 0 Å². The average molecular weight is 265 g/mol. The van der Waals surface area contributed by atoms with Crippen molar-refractivity contribution in [1.82, 2.24) is 5.32 Å². The van der Waals surface area contributed by atoms with Crippen LogP contribution in [-0.4, -0.2) is 23.2 Å². The number of benzene rings is 1. The second-order valence-electron chi connectivity index (χ2n) is 5.20. The topological polar surface area (TPSA) is 49.3 Å². The first-order valence-corrected chi connectivity index (χ1v) is 6.86.